The Balaban J connectivity index is 1.85. The molecule has 19 heavy (non-hydrogen) atoms. The third-order valence-electron chi connectivity index (χ3n) is 2.87. The molecule has 0 atom stereocenters. The standard InChI is InChI=1S/C11H18N4O2S2/c1-14(2)11(16)18-9-12-10(19-13-9)17-8-4-6-15(3)7-5-8/h8H,4-7H2,1-3H3. The molecule has 0 N–H and O–H groups in total. The summed E-state index contributed by atoms with van der Waals surface area (Å²) in [5.41, 5.74) is 0. The van der Waals surface area contributed by atoms with Crippen LogP contribution in [0.25, 0.3) is 0 Å². The third-order valence-corrected chi connectivity index (χ3v) is 4.49. The molecule has 0 aromatic carbocycles. The molecule has 1 fully saturated rings. The summed E-state index contributed by atoms with van der Waals surface area (Å²) in [7, 11) is 5.53. The van der Waals surface area contributed by atoms with Gasteiger partial charge in [0.25, 0.3) is 10.4 Å². The van der Waals surface area contributed by atoms with Gasteiger partial charge in [0.1, 0.15) is 6.10 Å². The van der Waals surface area contributed by atoms with Gasteiger partial charge in [-0.05, 0) is 19.9 Å². The molecule has 1 saturated heterocycles. The molecule has 0 radical (unpaired) electrons. The van der Waals surface area contributed by atoms with Gasteiger partial charge in [0, 0.05) is 50.5 Å². The largest absolute Gasteiger partial charge is 0.466 e. The highest BCUT2D eigenvalue weighted by Gasteiger charge is 2.20. The van der Waals surface area contributed by atoms with Crippen LogP contribution in [-0.4, -0.2) is 64.7 Å². The number of nitrogens with zero attached hydrogens (tertiary/aromatic N) is 4. The summed E-state index contributed by atoms with van der Waals surface area (Å²) in [5.74, 6) is 0. The normalized spacial score (nSPS) is 17.4. The Bertz CT molecular complexity index is 430. The van der Waals surface area contributed by atoms with Gasteiger partial charge in [-0.3, -0.25) is 4.79 Å². The van der Waals surface area contributed by atoms with E-state index in [1.54, 1.807) is 14.1 Å². The third kappa shape index (κ3) is 4.32. The lowest BCUT2D eigenvalue weighted by Gasteiger charge is -2.28. The van der Waals surface area contributed by atoms with Gasteiger partial charge < -0.3 is 14.5 Å². The molecule has 0 spiro atoms. The van der Waals surface area contributed by atoms with Crippen molar-refractivity contribution in [3.63, 3.8) is 0 Å². The molecule has 1 amide bonds. The predicted octanol–water partition coefficient (Wildman–Crippen LogP) is 1.78. The summed E-state index contributed by atoms with van der Waals surface area (Å²) in [5, 5.41) is 0.943. The van der Waals surface area contributed by atoms with Gasteiger partial charge in [-0.2, -0.15) is 9.36 Å². The van der Waals surface area contributed by atoms with Crippen LogP contribution in [0.15, 0.2) is 5.16 Å². The average molecular weight is 302 g/mol. The Labute approximate surface area is 121 Å². The van der Waals surface area contributed by atoms with Crippen molar-refractivity contribution in [3.05, 3.63) is 0 Å². The fourth-order valence-electron chi connectivity index (χ4n) is 1.70. The van der Waals surface area contributed by atoms with Gasteiger partial charge in [0.15, 0.2) is 0 Å². The first kappa shape index (κ1) is 14.5. The van der Waals surface area contributed by atoms with Gasteiger partial charge in [-0.1, -0.05) is 0 Å². The van der Waals surface area contributed by atoms with Gasteiger partial charge in [-0.25, -0.2) is 0 Å². The Morgan fingerprint density at radius 2 is 2.16 bits per heavy atom. The highest BCUT2D eigenvalue weighted by Crippen LogP contribution is 2.25. The summed E-state index contributed by atoms with van der Waals surface area (Å²) in [6.45, 7) is 2.09. The molecule has 8 heteroatoms. The summed E-state index contributed by atoms with van der Waals surface area (Å²) in [4.78, 5) is 19.5. The smallest absolute Gasteiger partial charge is 0.294 e. The fraction of sp³-hybridized carbons (Fsp3) is 0.727. The van der Waals surface area contributed by atoms with Crippen LogP contribution in [0.4, 0.5) is 4.79 Å². The minimum absolute atomic E-state index is 0.0800. The SMILES string of the molecule is CN1CCC(Oc2nc(SC(=O)N(C)C)ns2)CC1. The number of amides is 1. The highest BCUT2D eigenvalue weighted by atomic mass is 32.2. The Morgan fingerprint density at radius 3 is 2.79 bits per heavy atom. The number of carbonyl (C=O) groups is 1. The lowest BCUT2D eigenvalue weighted by Crippen LogP contribution is -2.35. The van der Waals surface area contributed by atoms with Crippen molar-refractivity contribution in [1.82, 2.24) is 19.2 Å². The first-order valence-corrected chi connectivity index (χ1v) is 7.71. The van der Waals surface area contributed by atoms with E-state index in [1.807, 2.05) is 0 Å². The summed E-state index contributed by atoms with van der Waals surface area (Å²) < 4.78 is 9.94. The van der Waals surface area contributed by atoms with Crippen molar-refractivity contribution >= 4 is 28.5 Å². The van der Waals surface area contributed by atoms with E-state index in [0.717, 1.165) is 37.7 Å². The molecule has 1 aliphatic rings. The van der Waals surface area contributed by atoms with E-state index in [2.05, 4.69) is 21.3 Å². The first-order valence-electron chi connectivity index (χ1n) is 6.12. The second-order valence-electron chi connectivity index (χ2n) is 4.73. The lowest BCUT2D eigenvalue weighted by atomic mass is 10.1. The maximum atomic E-state index is 11.5. The second-order valence-corrected chi connectivity index (χ2v) is 6.36. The van der Waals surface area contributed by atoms with Crippen LogP contribution in [0.1, 0.15) is 12.8 Å². The van der Waals surface area contributed by atoms with E-state index < -0.39 is 0 Å². The number of rotatable bonds is 3. The molecular formula is C11H18N4O2S2. The van der Waals surface area contributed by atoms with E-state index in [0.29, 0.717) is 10.4 Å². The Kier molecular flexibility index (Phi) is 5.00. The van der Waals surface area contributed by atoms with Crippen LogP contribution in [0.3, 0.4) is 0 Å². The van der Waals surface area contributed by atoms with Crippen molar-refractivity contribution in [2.45, 2.75) is 24.1 Å². The first-order chi connectivity index (χ1) is 9.04. The molecule has 0 unspecified atom stereocenters. The van der Waals surface area contributed by atoms with E-state index in [9.17, 15) is 4.79 Å². The zero-order chi connectivity index (χ0) is 13.8. The predicted molar refractivity (Wildman–Crippen MR) is 76.0 cm³/mol. The Hall–Kier alpha value is -0.860. The fourth-order valence-corrected chi connectivity index (χ4v) is 2.99. The lowest BCUT2D eigenvalue weighted by molar-refractivity contribution is 0.113. The molecule has 0 saturated carbocycles. The number of piperidine rings is 1. The number of aromatic nitrogens is 2. The van der Waals surface area contributed by atoms with E-state index in [4.69, 9.17) is 4.74 Å². The summed E-state index contributed by atoms with van der Waals surface area (Å²) in [6.07, 6.45) is 2.23. The van der Waals surface area contributed by atoms with E-state index >= 15 is 0 Å². The van der Waals surface area contributed by atoms with Gasteiger partial charge in [0.2, 0.25) is 5.16 Å². The topological polar surface area (TPSA) is 58.6 Å². The van der Waals surface area contributed by atoms with Crippen molar-refractivity contribution in [3.8, 4) is 5.19 Å². The molecule has 6 nitrogen and oxygen atoms in total. The molecular weight excluding hydrogens is 284 g/mol. The highest BCUT2D eigenvalue weighted by molar-refractivity contribution is 8.13. The zero-order valence-corrected chi connectivity index (χ0v) is 13.0. The van der Waals surface area contributed by atoms with Crippen molar-refractivity contribution in [2.24, 2.45) is 0 Å². The number of ether oxygens (including phenoxy) is 1. The molecule has 2 rings (SSSR count). The van der Waals surface area contributed by atoms with Crippen molar-refractivity contribution in [2.75, 3.05) is 34.2 Å². The molecule has 0 aliphatic carbocycles. The number of likely N-dealkylation sites (tertiary alicyclic amines) is 1. The monoisotopic (exact) mass is 302 g/mol. The number of hydrogen-bond acceptors (Lipinski definition) is 7. The van der Waals surface area contributed by atoms with Crippen LogP contribution in [0.5, 0.6) is 5.19 Å². The van der Waals surface area contributed by atoms with Gasteiger partial charge in [0.05, 0.1) is 0 Å². The minimum Gasteiger partial charge on any atom is -0.466 e. The molecule has 1 aliphatic heterocycles. The van der Waals surface area contributed by atoms with Crippen molar-refractivity contribution < 1.29 is 9.53 Å². The summed E-state index contributed by atoms with van der Waals surface area (Å²) in [6, 6.07) is 0. The second kappa shape index (κ2) is 6.53. The number of thioether (sulfide) groups is 1. The van der Waals surface area contributed by atoms with Crippen LogP contribution in [0.2, 0.25) is 0 Å². The van der Waals surface area contributed by atoms with Gasteiger partial charge in [-0.15, -0.1) is 0 Å². The summed E-state index contributed by atoms with van der Waals surface area (Å²) >= 11 is 2.23. The Morgan fingerprint density at radius 1 is 1.47 bits per heavy atom. The quantitative estimate of drug-likeness (QED) is 0.793. The van der Waals surface area contributed by atoms with Crippen LogP contribution in [0, 0.1) is 0 Å². The van der Waals surface area contributed by atoms with Crippen LogP contribution in [-0.2, 0) is 0 Å². The molecule has 1 aromatic rings. The molecule has 1 aromatic heterocycles. The minimum atomic E-state index is -0.0800. The average Bonchev–Trinajstić information content (AvgIpc) is 2.79. The van der Waals surface area contributed by atoms with E-state index in [1.165, 1.54) is 16.4 Å². The zero-order valence-electron chi connectivity index (χ0n) is 11.3. The van der Waals surface area contributed by atoms with Gasteiger partial charge >= 0.3 is 0 Å². The van der Waals surface area contributed by atoms with Crippen molar-refractivity contribution in [1.29, 1.82) is 0 Å². The molecule has 106 valence electrons. The van der Waals surface area contributed by atoms with E-state index in [-0.39, 0.29) is 11.3 Å². The molecule has 2 heterocycles. The van der Waals surface area contributed by atoms with Crippen LogP contribution >= 0.6 is 23.3 Å². The number of hydrogen-bond donors (Lipinski definition) is 0. The molecule has 0 bridgehead atoms. The number of carbonyl (C=O) groups excluding carboxylic acids is 1. The maximum Gasteiger partial charge on any atom is 0.294 e. The maximum absolute atomic E-state index is 11.5. The van der Waals surface area contributed by atoms with Crippen LogP contribution < -0.4 is 4.74 Å².